The van der Waals surface area contributed by atoms with E-state index in [4.69, 9.17) is 15.6 Å². The lowest BCUT2D eigenvalue weighted by molar-refractivity contribution is -0.138. The van der Waals surface area contributed by atoms with Crippen molar-refractivity contribution in [2.75, 3.05) is 7.11 Å². The molecule has 0 amide bonds. The minimum absolute atomic E-state index is 0.374. The second kappa shape index (κ2) is 3.78. The molecule has 0 radical (unpaired) electrons. The number of fused-ring (bicyclic) bond motifs is 1. The lowest BCUT2D eigenvalue weighted by Gasteiger charge is -2.06. The normalized spacial score (nSPS) is 12.6. The summed E-state index contributed by atoms with van der Waals surface area (Å²) in [6.07, 6.45) is 1.28. The van der Waals surface area contributed by atoms with Gasteiger partial charge in [0.1, 0.15) is 17.9 Å². The zero-order chi connectivity index (χ0) is 11.7. The summed E-state index contributed by atoms with van der Waals surface area (Å²) < 4.78 is 6.43. The number of nitrogens with two attached hydrogens (primary N) is 1. The van der Waals surface area contributed by atoms with Crippen molar-refractivity contribution in [1.29, 1.82) is 0 Å². The van der Waals surface area contributed by atoms with Gasteiger partial charge in [-0.1, -0.05) is 0 Å². The predicted molar refractivity (Wildman–Crippen MR) is 54.1 cm³/mol. The zero-order valence-corrected chi connectivity index (χ0v) is 8.49. The minimum atomic E-state index is -1.12. The summed E-state index contributed by atoms with van der Waals surface area (Å²) >= 11 is 0. The largest absolute Gasteiger partial charge is 0.480 e. The summed E-state index contributed by atoms with van der Waals surface area (Å²) in [6.45, 7) is 0. The van der Waals surface area contributed by atoms with Crippen molar-refractivity contribution in [1.82, 2.24) is 14.6 Å². The van der Waals surface area contributed by atoms with E-state index in [9.17, 15) is 4.79 Å². The molecule has 0 bridgehead atoms. The molecule has 0 saturated heterocycles. The third kappa shape index (κ3) is 1.47. The first-order valence-corrected chi connectivity index (χ1v) is 4.50. The Bertz CT molecular complexity index is 537. The fourth-order valence-electron chi connectivity index (χ4n) is 1.45. The van der Waals surface area contributed by atoms with Crippen LogP contribution in [0.3, 0.4) is 0 Å². The van der Waals surface area contributed by atoms with Crippen LogP contribution in [-0.4, -0.2) is 32.8 Å². The number of carboxylic acids is 1. The number of hydrogen-bond donors (Lipinski definition) is 2. The Labute approximate surface area is 90.5 Å². The highest BCUT2D eigenvalue weighted by Crippen LogP contribution is 2.20. The fourth-order valence-corrected chi connectivity index (χ4v) is 1.45. The Hall–Kier alpha value is -2.15. The molecule has 0 aliphatic carbocycles. The maximum atomic E-state index is 10.8. The Balaban J connectivity index is 2.61. The molecule has 0 aliphatic rings. The van der Waals surface area contributed by atoms with Crippen LogP contribution in [0.1, 0.15) is 11.7 Å². The topological polar surface area (TPSA) is 103 Å². The first kappa shape index (κ1) is 10.4. The molecular weight excluding hydrogens is 212 g/mol. The van der Waals surface area contributed by atoms with Crippen LogP contribution in [-0.2, 0) is 4.79 Å². The zero-order valence-electron chi connectivity index (χ0n) is 8.49. The third-order valence-electron chi connectivity index (χ3n) is 2.22. The molecule has 2 aromatic heterocycles. The standard InChI is InChI=1S/C9H10N4O3/c1-16-8-6-3-2-5(7(10)9(14)15)13(6)12-4-11-8/h2-4,7H,10H2,1H3,(H,14,15). The van der Waals surface area contributed by atoms with Gasteiger partial charge in [-0.05, 0) is 12.1 Å². The molecule has 0 aromatic carbocycles. The van der Waals surface area contributed by atoms with Crippen LogP contribution in [0.2, 0.25) is 0 Å². The van der Waals surface area contributed by atoms with E-state index in [1.54, 1.807) is 12.1 Å². The van der Waals surface area contributed by atoms with E-state index in [-0.39, 0.29) is 0 Å². The molecular formula is C9H10N4O3. The summed E-state index contributed by atoms with van der Waals surface area (Å²) in [5.41, 5.74) is 6.48. The van der Waals surface area contributed by atoms with E-state index in [0.717, 1.165) is 0 Å². The first-order valence-electron chi connectivity index (χ1n) is 4.50. The highest BCUT2D eigenvalue weighted by molar-refractivity contribution is 5.75. The predicted octanol–water partition coefficient (Wildman–Crippen LogP) is -0.178. The second-order valence-electron chi connectivity index (χ2n) is 3.14. The number of hydrogen-bond acceptors (Lipinski definition) is 5. The van der Waals surface area contributed by atoms with Gasteiger partial charge in [0.2, 0.25) is 5.88 Å². The molecule has 0 fully saturated rings. The van der Waals surface area contributed by atoms with E-state index in [0.29, 0.717) is 17.1 Å². The van der Waals surface area contributed by atoms with Crippen LogP contribution in [0.25, 0.3) is 5.52 Å². The van der Waals surface area contributed by atoms with Gasteiger partial charge in [0, 0.05) is 0 Å². The van der Waals surface area contributed by atoms with Crippen LogP contribution >= 0.6 is 0 Å². The monoisotopic (exact) mass is 222 g/mol. The molecule has 16 heavy (non-hydrogen) atoms. The smallest absolute Gasteiger partial charge is 0.326 e. The second-order valence-corrected chi connectivity index (χ2v) is 3.14. The highest BCUT2D eigenvalue weighted by Gasteiger charge is 2.19. The number of carboxylic acid groups (broad SMARTS) is 1. The molecule has 0 spiro atoms. The Morgan fingerprint density at radius 3 is 3.00 bits per heavy atom. The van der Waals surface area contributed by atoms with Gasteiger partial charge in [-0.2, -0.15) is 10.1 Å². The third-order valence-corrected chi connectivity index (χ3v) is 2.22. The van der Waals surface area contributed by atoms with E-state index in [1.165, 1.54) is 18.0 Å². The van der Waals surface area contributed by atoms with Gasteiger partial charge in [-0.25, -0.2) is 4.52 Å². The summed E-state index contributed by atoms with van der Waals surface area (Å²) in [4.78, 5) is 14.7. The maximum Gasteiger partial charge on any atom is 0.326 e. The van der Waals surface area contributed by atoms with Gasteiger partial charge in [0.15, 0.2) is 0 Å². The molecule has 84 valence electrons. The number of aliphatic carboxylic acids is 1. The van der Waals surface area contributed by atoms with Crippen LogP contribution in [0, 0.1) is 0 Å². The van der Waals surface area contributed by atoms with Crippen molar-refractivity contribution in [3.63, 3.8) is 0 Å². The van der Waals surface area contributed by atoms with Gasteiger partial charge < -0.3 is 15.6 Å². The van der Waals surface area contributed by atoms with E-state index < -0.39 is 12.0 Å². The lowest BCUT2D eigenvalue weighted by atomic mass is 10.2. The fraction of sp³-hybridized carbons (Fsp3) is 0.222. The van der Waals surface area contributed by atoms with Crippen molar-refractivity contribution in [2.24, 2.45) is 5.73 Å². The number of rotatable bonds is 3. The van der Waals surface area contributed by atoms with Gasteiger partial charge in [0.25, 0.3) is 0 Å². The van der Waals surface area contributed by atoms with Crippen LogP contribution < -0.4 is 10.5 Å². The van der Waals surface area contributed by atoms with Gasteiger partial charge in [-0.15, -0.1) is 0 Å². The maximum absolute atomic E-state index is 10.8. The lowest BCUT2D eigenvalue weighted by Crippen LogP contribution is -2.22. The number of nitrogens with zero attached hydrogens (tertiary/aromatic N) is 3. The molecule has 1 unspecified atom stereocenters. The first-order chi connectivity index (χ1) is 7.65. The quantitative estimate of drug-likeness (QED) is 0.746. The Morgan fingerprint density at radius 1 is 1.62 bits per heavy atom. The van der Waals surface area contributed by atoms with Crippen molar-refractivity contribution in [3.05, 3.63) is 24.2 Å². The molecule has 2 aromatic rings. The van der Waals surface area contributed by atoms with Crippen molar-refractivity contribution in [3.8, 4) is 5.88 Å². The van der Waals surface area contributed by atoms with Gasteiger partial charge in [-0.3, -0.25) is 4.79 Å². The number of carbonyl (C=O) groups is 1. The minimum Gasteiger partial charge on any atom is -0.480 e. The van der Waals surface area contributed by atoms with Crippen molar-refractivity contribution < 1.29 is 14.6 Å². The number of aromatic nitrogens is 3. The Morgan fingerprint density at radius 2 is 2.38 bits per heavy atom. The van der Waals surface area contributed by atoms with Crippen molar-refractivity contribution >= 4 is 11.5 Å². The number of ether oxygens (including phenoxy) is 1. The van der Waals surface area contributed by atoms with E-state index in [1.807, 2.05) is 0 Å². The van der Waals surface area contributed by atoms with Crippen LogP contribution in [0.4, 0.5) is 0 Å². The molecule has 0 aliphatic heterocycles. The van der Waals surface area contributed by atoms with E-state index in [2.05, 4.69) is 10.1 Å². The van der Waals surface area contributed by atoms with Crippen LogP contribution in [0.5, 0.6) is 5.88 Å². The molecule has 0 saturated carbocycles. The Kier molecular flexibility index (Phi) is 2.45. The van der Waals surface area contributed by atoms with Crippen molar-refractivity contribution in [2.45, 2.75) is 6.04 Å². The van der Waals surface area contributed by atoms with Gasteiger partial charge >= 0.3 is 5.97 Å². The number of methoxy groups -OCH3 is 1. The van der Waals surface area contributed by atoms with E-state index >= 15 is 0 Å². The average molecular weight is 222 g/mol. The molecule has 2 heterocycles. The summed E-state index contributed by atoms with van der Waals surface area (Å²) in [6, 6.07) is 2.13. The summed E-state index contributed by atoms with van der Waals surface area (Å²) in [5.74, 6) is -0.739. The molecule has 3 N–H and O–H groups in total. The summed E-state index contributed by atoms with van der Waals surface area (Å²) in [7, 11) is 1.48. The molecule has 7 nitrogen and oxygen atoms in total. The SMILES string of the molecule is COc1ncnn2c(C(N)C(=O)O)ccc12. The average Bonchev–Trinajstić information content (AvgIpc) is 2.71. The summed E-state index contributed by atoms with van der Waals surface area (Å²) in [5, 5.41) is 12.8. The molecule has 1 atom stereocenters. The molecule has 2 rings (SSSR count). The van der Waals surface area contributed by atoms with Gasteiger partial charge in [0.05, 0.1) is 12.8 Å². The molecule has 7 heteroatoms. The van der Waals surface area contributed by atoms with Crippen LogP contribution in [0.15, 0.2) is 18.5 Å². The highest BCUT2D eigenvalue weighted by atomic mass is 16.5.